The van der Waals surface area contributed by atoms with E-state index < -0.39 is 0 Å². The summed E-state index contributed by atoms with van der Waals surface area (Å²) in [4.78, 5) is 0. The number of hydrogen-bond acceptors (Lipinski definition) is 1. The summed E-state index contributed by atoms with van der Waals surface area (Å²) in [6.45, 7) is 12.8. The minimum absolute atomic E-state index is 0.611. The van der Waals surface area contributed by atoms with Crippen molar-refractivity contribution in [3.05, 3.63) is 36.5 Å². The van der Waals surface area contributed by atoms with Crippen molar-refractivity contribution in [2.24, 2.45) is 0 Å². The molecule has 0 aliphatic carbocycles. The molecule has 0 N–H and O–H groups in total. The molecule has 0 saturated heterocycles. The Morgan fingerprint density at radius 1 is 1.36 bits per heavy atom. The van der Waals surface area contributed by atoms with E-state index in [1.807, 2.05) is 26.0 Å². The molecule has 1 heteroatoms. The van der Waals surface area contributed by atoms with Crippen molar-refractivity contribution in [2.75, 3.05) is 13.2 Å². The Balaban J connectivity index is 3.60. The second kappa shape index (κ2) is 5.93. The van der Waals surface area contributed by atoms with Crippen LogP contribution in [0.4, 0.5) is 0 Å². The maximum absolute atomic E-state index is 5.15. The molecule has 0 spiro atoms. The third-order valence-electron chi connectivity index (χ3n) is 1.10. The fraction of sp³-hybridized carbons (Fsp3) is 0.400. The van der Waals surface area contributed by atoms with E-state index in [0.717, 1.165) is 17.8 Å². The van der Waals surface area contributed by atoms with Crippen molar-refractivity contribution in [3.63, 3.8) is 0 Å². The smallest absolute Gasteiger partial charge is 0.0711 e. The fourth-order valence-corrected chi connectivity index (χ4v) is 0.541. The van der Waals surface area contributed by atoms with E-state index in [9.17, 15) is 0 Å². The molecule has 0 saturated carbocycles. The molecule has 0 aromatic heterocycles. The maximum atomic E-state index is 5.15. The summed E-state index contributed by atoms with van der Waals surface area (Å²) in [5.41, 5.74) is 2.01. The van der Waals surface area contributed by atoms with Gasteiger partial charge in [-0.1, -0.05) is 30.9 Å². The summed E-state index contributed by atoms with van der Waals surface area (Å²) >= 11 is 0. The molecule has 0 heterocycles. The zero-order chi connectivity index (χ0) is 8.69. The van der Waals surface area contributed by atoms with Gasteiger partial charge in [0.15, 0.2) is 0 Å². The van der Waals surface area contributed by atoms with E-state index in [2.05, 4.69) is 13.2 Å². The van der Waals surface area contributed by atoms with Crippen LogP contribution >= 0.6 is 0 Å². The molecule has 62 valence electrons. The van der Waals surface area contributed by atoms with E-state index in [4.69, 9.17) is 4.74 Å². The third-order valence-corrected chi connectivity index (χ3v) is 1.10. The quantitative estimate of drug-likeness (QED) is 0.550. The second-order valence-electron chi connectivity index (χ2n) is 2.48. The van der Waals surface area contributed by atoms with Gasteiger partial charge >= 0.3 is 0 Å². The molecule has 0 atom stereocenters. The third kappa shape index (κ3) is 7.07. The lowest BCUT2D eigenvalue weighted by molar-refractivity contribution is 0.173. The largest absolute Gasteiger partial charge is 0.377 e. The van der Waals surface area contributed by atoms with Crippen LogP contribution in [-0.2, 0) is 4.74 Å². The van der Waals surface area contributed by atoms with Crippen molar-refractivity contribution in [1.82, 2.24) is 0 Å². The van der Waals surface area contributed by atoms with Gasteiger partial charge < -0.3 is 4.74 Å². The molecule has 0 amide bonds. The zero-order valence-corrected chi connectivity index (χ0v) is 7.39. The van der Waals surface area contributed by atoms with Gasteiger partial charge in [0.25, 0.3) is 0 Å². The Hall–Kier alpha value is -0.820. The first-order chi connectivity index (χ1) is 5.16. The molecule has 0 aromatic rings. The van der Waals surface area contributed by atoms with Crippen molar-refractivity contribution in [1.29, 1.82) is 0 Å². The molecule has 0 aromatic carbocycles. The standard InChI is InChI=1S/C10H16O/c1-5-11-8-10(4)7-6-9(2)3/h6-7H,2,4-5,8H2,1,3H3/b7-6-. The minimum atomic E-state index is 0.611. The lowest BCUT2D eigenvalue weighted by atomic mass is 10.2. The van der Waals surface area contributed by atoms with Gasteiger partial charge in [0, 0.05) is 6.61 Å². The van der Waals surface area contributed by atoms with Gasteiger partial charge in [-0.15, -0.1) is 0 Å². The Labute approximate surface area is 69.1 Å². The Bertz CT molecular complexity index is 166. The molecular weight excluding hydrogens is 136 g/mol. The first-order valence-electron chi connectivity index (χ1n) is 3.76. The highest BCUT2D eigenvalue weighted by Crippen LogP contribution is 1.97. The van der Waals surface area contributed by atoms with Crippen LogP contribution in [0.2, 0.25) is 0 Å². The maximum Gasteiger partial charge on any atom is 0.0711 e. The average Bonchev–Trinajstić information content (AvgIpc) is 1.97. The monoisotopic (exact) mass is 152 g/mol. The summed E-state index contributed by atoms with van der Waals surface area (Å²) in [5.74, 6) is 0. The van der Waals surface area contributed by atoms with Gasteiger partial charge in [-0.2, -0.15) is 0 Å². The predicted molar refractivity (Wildman–Crippen MR) is 49.6 cm³/mol. The minimum Gasteiger partial charge on any atom is -0.377 e. The van der Waals surface area contributed by atoms with Gasteiger partial charge in [0.05, 0.1) is 6.61 Å². The lowest BCUT2D eigenvalue weighted by Gasteiger charge is -1.98. The molecule has 0 unspecified atom stereocenters. The Kier molecular flexibility index (Phi) is 5.49. The van der Waals surface area contributed by atoms with Crippen LogP contribution in [-0.4, -0.2) is 13.2 Å². The summed E-state index contributed by atoms with van der Waals surface area (Å²) in [6, 6.07) is 0. The van der Waals surface area contributed by atoms with Crippen LogP contribution in [0.1, 0.15) is 13.8 Å². The van der Waals surface area contributed by atoms with Crippen LogP contribution in [0, 0.1) is 0 Å². The molecule has 0 aliphatic heterocycles. The number of ether oxygens (including phenoxy) is 1. The highest BCUT2D eigenvalue weighted by atomic mass is 16.5. The normalized spacial score (nSPS) is 10.4. The molecule has 1 nitrogen and oxygen atoms in total. The topological polar surface area (TPSA) is 9.23 Å². The number of hydrogen-bond donors (Lipinski definition) is 0. The van der Waals surface area contributed by atoms with Crippen molar-refractivity contribution >= 4 is 0 Å². The summed E-state index contributed by atoms with van der Waals surface area (Å²) in [7, 11) is 0. The number of rotatable bonds is 5. The summed E-state index contributed by atoms with van der Waals surface area (Å²) < 4.78 is 5.15. The predicted octanol–water partition coefficient (Wildman–Crippen LogP) is 2.71. The highest BCUT2D eigenvalue weighted by Gasteiger charge is 1.86. The van der Waals surface area contributed by atoms with Gasteiger partial charge in [-0.25, -0.2) is 0 Å². The van der Waals surface area contributed by atoms with Gasteiger partial charge in [-0.3, -0.25) is 0 Å². The Morgan fingerprint density at radius 2 is 2.00 bits per heavy atom. The Morgan fingerprint density at radius 3 is 2.45 bits per heavy atom. The summed E-state index contributed by atoms with van der Waals surface area (Å²) in [5, 5.41) is 0. The molecule has 0 bridgehead atoms. The second-order valence-corrected chi connectivity index (χ2v) is 2.48. The van der Waals surface area contributed by atoms with E-state index >= 15 is 0 Å². The van der Waals surface area contributed by atoms with Crippen LogP contribution in [0.3, 0.4) is 0 Å². The molecule has 0 rings (SSSR count). The zero-order valence-electron chi connectivity index (χ0n) is 7.39. The molecule has 0 aliphatic rings. The van der Waals surface area contributed by atoms with Crippen molar-refractivity contribution in [2.45, 2.75) is 13.8 Å². The summed E-state index contributed by atoms with van der Waals surface area (Å²) in [6.07, 6.45) is 3.86. The van der Waals surface area contributed by atoms with E-state index in [0.29, 0.717) is 6.61 Å². The van der Waals surface area contributed by atoms with Crippen LogP contribution in [0.5, 0.6) is 0 Å². The number of allylic oxidation sites excluding steroid dienone is 2. The van der Waals surface area contributed by atoms with Crippen LogP contribution < -0.4 is 0 Å². The van der Waals surface area contributed by atoms with Crippen LogP contribution in [0.25, 0.3) is 0 Å². The molecule has 0 radical (unpaired) electrons. The van der Waals surface area contributed by atoms with Crippen molar-refractivity contribution in [3.8, 4) is 0 Å². The highest BCUT2D eigenvalue weighted by molar-refractivity contribution is 5.22. The van der Waals surface area contributed by atoms with E-state index in [-0.39, 0.29) is 0 Å². The fourth-order valence-electron chi connectivity index (χ4n) is 0.541. The van der Waals surface area contributed by atoms with Crippen molar-refractivity contribution < 1.29 is 4.74 Å². The van der Waals surface area contributed by atoms with Gasteiger partial charge in [0.1, 0.15) is 0 Å². The average molecular weight is 152 g/mol. The van der Waals surface area contributed by atoms with Gasteiger partial charge in [-0.05, 0) is 19.4 Å². The van der Waals surface area contributed by atoms with Gasteiger partial charge in [0.2, 0.25) is 0 Å². The van der Waals surface area contributed by atoms with E-state index in [1.165, 1.54) is 0 Å². The SMILES string of the molecule is C=C(C)/C=C\C(=C)COCC. The first-order valence-corrected chi connectivity index (χ1v) is 3.76. The molecule has 0 fully saturated rings. The molecular formula is C10H16O. The van der Waals surface area contributed by atoms with Crippen LogP contribution in [0.15, 0.2) is 36.5 Å². The molecule has 11 heavy (non-hydrogen) atoms. The lowest BCUT2D eigenvalue weighted by Crippen LogP contribution is -1.93. The first kappa shape index (κ1) is 10.2. The van der Waals surface area contributed by atoms with E-state index in [1.54, 1.807) is 0 Å².